The van der Waals surface area contributed by atoms with Gasteiger partial charge in [-0.05, 0) is 45.2 Å². The second-order valence-corrected chi connectivity index (χ2v) is 6.19. The van der Waals surface area contributed by atoms with E-state index in [0.29, 0.717) is 18.7 Å². The van der Waals surface area contributed by atoms with Crippen molar-refractivity contribution in [1.29, 1.82) is 0 Å². The normalized spacial score (nSPS) is 20.9. The van der Waals surface area contributed by atoms with Crippen LogP contribution in [0.25, 0.3) is 0 Å². The molecule has 1 aromatic rings. The SMILES string of the molecule is CC(C)(C(=O)O)C1CCCN(Cc2ccccc2F)C1. The summed E-state index contributed by atoms with van der Waals surface area (Å²) >= 11 is 0. The summed E-state index contributed by atoms with van der Waals surface area (Å²) in [5.41, 5.74) is -0.0465. The number of halogens is 1. The van der Waals surface area contributed by atoms with E-state index in [1.54, 1.807) is 26.0 Å². The molecule has 0 saturated carbocycles. The molecule has 1 N–H and O–H groups in total. The molecule has 0 spiro atoms. The van der Waals surface area contributed by atoms with Crippen LogP contribution in [0.3, 0.4) is 0 Å². The first-order chi connectivity index (χ1) is 9.41. The third-order valence-corrected chi connectivity index (χ3v) is 4.43. The minimum atomic E-state index is -0.754. The van der Waals surface area contributed by atoms with Crippen LogP contribution in [0.5, 0.6) is 0 Å². The van der Waals surface area contributed by atoms with Crippen LogP contribution in [0.4, 0.5) is 4.39 Å². The van der Waals surface area contributed by atoms with E-state index in [1.807, 2.05) is 6.07 Å². The molecule has 0 aromatic heterocycles. The smallest absolute Gasteiger partial charge is 0.309 e. The van der Waals surface area contributed by atoms with E-state index in [9.17, 15) is 14.3 Å². The van der Waals surface area contributed by atoms with Gasteiger partial charge in [-0.1, -0.05) is 18.2 Å². The summed E-state index contributed by atoms with van der Waals surface area (Å²) in [5, 5.41) is 9.34. The highest BCUT2D eigenvalue weighted by Gasteiger charge is 2.39. The van der Waals surface area contributed by atoms with Crippen molar-refractivity contribution >= 4 is 5.97 Å². The van der Waals surface area contributed by atoms with Crippen LogP contribution in [0.15, 0.2) is 24.3 Å². The Kier molecular flexibility index (Phi) is 4.43. The maximum absolute atomic E-state index is 13.7. The van der Waals surface area contributed by atoms with Crippen LogP contribution in [0.1, 0.15) is 32.3 Å². The van der Waals surface area contributed by atoms with Crippen molar-refractivity contribution in [3.8, 4) is 0 Å². The monoisotopic (exact) mass is 279 g/mol. The highest BCUT2D eigenvalue weighted by atomic mass is 19.1. The summed E-state index contributed by atoms with van der Waals surface area (Å²) in [4.78, 5) is 13.5. The minimum absolute atomic E-state index is 0.112. The predicted octanol–water partition coefficient (Wildman–Crippen LogP) is 3.15. The zero-order chi connectivity index (χ0) is 14.8. The number of carbonyl (C=O) groups is 1. The number of aliphatic carboxylic acids is 1. The number of hydrogen-bond acceptors (Lipinski definition) is 2. The number of benzene rings is 1. The summed E-state index contributed by atoms with van der Waals surface area (Å²) < 4.78 is 13.7. The van der Waals surface area contributed by atoms with Crippen molar-refractivity contribution in [2.24, 2.45) is 11.3 Å². The molecular weight excluding hydrogens is 257 g/mol. The third-order valence-electron chi connectivity index (χ3n) is 4.43. The average Bonchev–Trinajstić information content (AvgIpc) is 2.41. The zero-order valence-corrected chi connectivity index (χ0v) is 12.1. The number of hydrogen-bond donors (Lipinski definition) is 1. The number of carboxylic acid groups (broad SMARTS) is 1. The molecule has 110 valence electrons. The molecule has 1 saturated heterocycles. The fourth-order valence-corrected chi connectivity index (χ4v) is 2.83. The Bertz CT molecular complexity index is 487. The largest absolute Gasteiger partial charge is 0.481 e. The minimum Gasteiger partial charge on any atom is -0.481 e. The van der Waals surface area contributed by atoms with Crippen molar-refractivity contribution in [2.45, 2.75) is 33.2 Å². The van der Waals surface area contributed by atoms with E-state index in [0.717, 1.165) is 19.4 Å². The number of piperidine rings is 1. The summed E-state index contributed by atoms with van der Waals surface area (Å²) in [6.45, 7) is 5.74. The maximum atomic E-state index is 13.7. The third kappa shape index (κ3) is 3.18. The van der Waals surface area contributed by atoms with Crippen molar-refractivity contribution in [3.63, 3.8) is 0 Å². The van der Waals surface area contributed by atoms with Crippen molar-refractivity contribution < 1.29 is 14.3 Å². The zero-order valence-electron chi connectivity index (χ0n) is 12.1. The van der Waals surface area contributed by atoms with Gasteiger partial charge in [0.15, 0.2) is 0 Å². The fraction of sp³-hybridized carbons (Fsp3) is 0.562. The van der Waals surface area contributed by atoms with Gasteiger partial charge >= 0.3 is 5.97 Å². The van der Waals surface area contributed by atoms with Crippen LogP contribution >= 0.6 is 0 Å². The van der Waals surface area contributed by atoms with Crippen molar-refractivity contribution in [3.05, 3.63) is 35.6 Å². The molecule has 3 nitrogen and oxygen atoms in total. The van der Waals surface area contributed by atoms with E-state index in [2.05, 4.69) is 4.90 Å². The van der Waals surface area contributed by atoms with Crippen molar-refractivity contribution in [2.75, 3.05) is 13.1 Å². The molecule has 0 amide bonds. The Morgan fingerprint density at radius 2 is 2.15 bits per heavy atom. The highest BCUT2D eigenvalue weighted by Crippen LogP contribution is 2.34. The predicted molar refractivity (Wildman–Crippen MR) is 75.8 cm³/mol. The van der Waals surface area contributed by atoms with Gasteiger partial charge in [0.1, 0.15) is 5.82 Å². The van der Waals surface area contributed by atoms with E-state index in [-0.39, 0.29) is 11.7 Å². The van der Waals surface area contributed by atoms with Gasteiger partial charge in [0.25, 0.3) is 0 Å². The first kappa shape index (κ1) is 15.0. The Morgan fingerprint density at radius 3 is 2.80 bits per heavy atom. The second kappa shape index (κ2) is 5.92. The lowest BCUT2D eigenvalue weighted by molar-refractivity contribution is -0.151. The molecule has 1 heterocycles. The molecule has 1 aromatic carbocycles. The molecule has 4 heteroatoms. The van der Waals surface area contributed by atoms with Gasteiger partial charge in [0.2, 0.25) is 0 Å². The molecular formula is C16H22FNO2. The van der Waals surface area contributed by atoms with Gasteiger partial charge in [-0.3, -0.25) is 9.69 Å². The molecule has 0 radical (unpaired) electrons. The van der Waals surface area contributed by atoms with Gasteiger partial charge in [-0.25, -0.2) is 4.39 Å². The number of nitrogens with zero attached hydrogens (tertiary/aromatic N) is 1. The molecule has 0 bridgehead atoms. The second-order valence-electron chi connectivity index (χ2n) is 6.19. The van der Waals surface area contributed by atoms with Gasteiger partial charge < -0.3 is 5.11 Å². The molecule has 0 aliphatic carbocycles. The van der Waals surface area contributed by atoms with Crippen LogP contribution in [-0.4, -0.2) is 29.1 Å². The standard InChI is InChI=1S/C16H22FNO2/c1-16(2,15(19)20)13-7-5-9-18(11-13)10-12-6-3-4-8-14(12)17/h3-4,6,8,13H,5,7,9-11H2,1-2H3,(H,19,20). The molecule has 20 heavy (non-hydrogen) atoms. The first-order valence-electron chi connectivity index (χ1n) is 7.10. The van der Waals surface area contributed by atoms with Gasteiger partial charge in [0.05, 0.1) is 5.41 Å². The lowest BCUT2D eigenvalue weighted by atomic mass is 9.74. The quantitative estimate of drug-likeness (QED) is 0.920. The first-order valence-corrected chi connectivity index (χ1v) is 7.10. The number of rotatable bonds is 4. The van der Waals surface area contributed by atoms with Gasteiger partial charge in [-0.15, -0.1) is 0 Å². The van der Waals surface area contributed by atoms with Crippen LogP contribution in [-0.2, 0) is 11.3 Å². The molecule has 1 aliphatic heterocycles. The Morgan fingerprint density at radius 1 is 1.45 bits per heavy atom. The summed E-state index contributed by atoms with van der Waals surface area (Å²) in [6, 6.07) is 6.78. The Hall–Kier alpha value is -1.42. The van der Waals surface area contributed by atoms with Crippen LogP contribution in [0.2, 0.25) is 0 Å². The van der Waals surface area contributed by atoms with E-state index in [4.69, 9.17) is 0 Å². The summed E-state index contributed by atoms with van der Waals surface area (Å²) in [5.74, 6) is -0.831. The summed E-state index contributed by atoms with van der Waals surface area (Å²) in [7, 11) is 0. The molecule has 2 rings (SSSR count). The molecule has 1 unspecified atom stereocenters. The lowest BCUT2D eigenvalue weighted by Gasteiger charge is -2.39. The number of carboxylic acids is 1. The molecule has 1 aliphatic rings. The molecule has 1 atom stereocenters. The van der Waals surface area contributed by atoms with E-state index >= 15 is 0 Å². The molecule has 1 fully saturated rings. The Balaban J connectivity index is 2.04. The lowest BCUT2D eigenvalue weighted by Crippen LogP contribution is -2.44. The topological polar surface area (TPSA) is 40.5 Å². The Labute approximate surface area is 119 Å². The van der Waals surface area contributed by atoms with Crippen molar-refractivity contribution in [1.82, 2.24) is 4.90 Å². The van der Waals surface area contributed by atoms with E-state index < -0.39 is 11.4 Å². The van der Waals surface area contributed by atoms with Crippen LogP contribution < -0.4 is 0 Å². The summed E-state index contributed by atoms with van der Waals surface area (Å²) in [6.07, 6.45) is 1.89. The van der Waals surface area contributed by atoms with Gasteiger partial charge in [0, 0.05) is 18.7 Å². The maximum Gasteiger partial charge on any atom is 0.309 e. The average molecular weight is 279 g/mol. The highest BCUT2D eigenvalue weighted by molar-refractivity contribution is 5.74. The van der Waals surface area contributed by atoms with Crippen LogP contribution in [0, 0.1) is 17.2 Å². The number of likely N-dealkylation sites (tertiary alicyclic amines) is 1. The van der Waals surface area contributed by atoms with Gasteiger partial charge in [-0.2, -0.15) is 0 Å². The fourth-order valence-electron chi connectivity index (χ4n) is 2.83. The van der Waals surface area contributed by atoms with E-state index in [1.165, 1.54) is 6.07 Å².